The molecule has 11 heteroatoms. The molecule has 0 fully saturated rings. The Morgan fingerprint density at radius 3 is 2.03 bits per heavy atom. The van der Waals surface area contributed by atoms with Gasteiger partial charge in [-0.25, -0.2) is 0 Å². The van der Waals surface area contributed by atoms with E-state index in [4.69, 9.17) is 21.1 Å². The minimum Gasteiger partial charge on any atom is -0.790 e. The van der Waals surface area contributed by atoms with Gasteiger partial charge in [-0.3, -0.25) is 0 Å². The van der Waals surface area contributed by atoms with Gasteiger partial charge in [0.15, 0.2) is 0 Å². The van der Waals surface area contributed by atoms with E-state index in [9.17, 15) is 14.4 Å². The number of rotatable bonds is 13. The number of aryl methyl sites for hydroxylation is 3. The number of halogens is 1. The predicted octanol–water partition coefficient (Wildman–Crippen LogP) is 4.59. The van der Waals surface area contributed by atoms with Crippen LogP contribution in [-0.2, 0) is 9.09 Å². The number of ether oxygens (including phenoxy) is 2. The van der Waals surface area contributed by atoms with E-state index in [0.29, 0.717) is 18.6 Å². The molecule has 0 amide bonds. The first-order chi connectivity index (χ1) is 15.5. The Bertz CT molecular complexity index is 954. The van der Waals surface area contributed by atoms with Crippen LogP contribution in [0.5, 0.6) is 17.8 Å². The number of nitrogens with zero attached hydrogens (tertiary/aromatic N) is 3. The summed E-state index contributed by atoms with van der Waals surface area (Å²) in [6, 6.07) is 3.77. The van der Waals surface area contributed by atoms with Gasteiger partial charge in [0.2, 0.25) is 5.28 Å². The molecular weight excluding hydrogens is 469 g/mol. The van der Waals surface area contributed by atoms with Crippen LogP contribution in [0.25, 0.3) is 0 Å². The van der Waals surface area contributed by atoms with Crippen molar-refractivity contribution in [3.05, 3.63) is 34.1 Å². The molecule has 1 aromatic heterocycles. The largest absolute Gasteiger partial charge is 0.790 e. The van der Waals surface area contributed by atoms with Crippen LogP contribution >= 0.6 is 19.4 Å². The van der Waals surface area contributed by atoms with Crippen molar-refractivity contribution < 1.29 is 28.3 Å². The summed E-state index contributed by atoms with van der Waals surface area (Å²) in [5.74, 6) is 0.596. The molecule has 9 nitrogen and oxygen atoms in total. The first kappa shape index (κ1) is 27.5. The zero-order chi connectivity index (χ0) is 24.6. The van der Waals surface area contributed by atoms with Gasteiger partial charge >= 0.3 is 12.0 Å². The van der Waals surface area contributed by atoms with Crippen molar-refractivity contribution in [2.24, 2.45) is 0 Å². The fourth-order valence-corrected chi connectivity index (χ4v) is 4.15. The van der Waals surface area contributed by atoms with Crippen molar-refractivity contribution in [1.29, 1.82) is 0 Å². The molecule has 2 rings (SSSR count). The average Bonchev–Trinajstić information content (AvgIpc) is 2.71. The molecular formula is C22H31ClN3O6P-2. The topological polar surface area (TPSA) is 130 Å². The predicted molar refractivity (Wildman–Crippen MR) is 122 cm³/mol. The van der Waals surface area contributed by atoms with Gasteiger partial charge < -0.3 is 28.3 Å². The van der Waals surface area contributed by atoms with Gasteiger partial charge in [0.25, 0.3) is 0 Å². The van der Waals surface area contributed by atoms with Crippen LogP contribution in [0.4, 0.5) is 0 Å². The fraction of sp³-hybridized carbons (Fsp3) is 0.591. The maximum Gasteiger partial charge on any atom is 0.329 e. The van der Waals surface area contributed by atoms with Crippen LogP contribution in [0, 0.1) is 20.8 Å². The molecule has 0 spiro atoms. The molecule has 0 aliphatic rings. The summed E-state index contributed by atoms with van der Waals surface area (Å²) in [5, 5.41) is -0.142. The third kappa shape index (κ3) is 8.83. The van der Waals surface area contributed by atoms with Crippen LogP contribution in [0.1, 0.15) is 69.1 Å². The van der Waals surface area contributed by atoms with E-state index in [0.717, 1.165) is 42.4 Å². The Morgan fingerprint density at radius 2 is 1.52 bits per heavy atom. The molecule has 0 saturated heterocycles. The third-order valence-corrected chi connectivity index (χ3v) is 5.74. The molecule has 0 N–H and O–H groups in total. The van der Waals surface area contributed by atoms with E-state index in [-0.39, 0.29) is 17.3 Å². The Hall–Kier alpha value is -1.77. The molecule has 1 aromatic carbocycles. The van der Waals surface area contributed by atoms with Crippen molar-refractivity contribution in [1.82, 2.24) is 15.0 Å². The average molecular weight is 500 g/mol. The van der Waals surface area contributed by atoms with Crippen molar-refractivity contribution >= 4 is 19.4 Å². The summed E-state index contributed by atoms with van der Waals surface area (Å²) >= 11 is 6.11. The van der Waals surface area contributed by atoms with Crippen LogP contribution < -0.4 is 19.3 Å². The Morgan fingerprint density at radius 1 is 0.970 bits per heavy atom. The lowest BCUT2D eigenvalue weighted by Crippen LogP contribution is -2.42. The Labute approximate surface area is 200 Å². The van der Waals surface area contributed by atoms with E-state index in [1.165, 1.54) is 0 Å². The summed E-state index contributed by atoms with van der Waals surface area (Å²) in [7, 11) is -5.20. The monoisotopic (exact) mass is 499 g/mol. The standard InChI is InChI=1S/C22H33ClN3O6P/c1-6-8-10-22(11-9-7-2,14-30-33(27,28)29)32-21-25-19(23)24-20(26-21)31-18-16(4)12-15(3)13-17(18)5/h12-13H,6-11,14H2,1-5H3,(H2,27,28,29)/p-2. The molecule has 0 saturated carbocycles. The minimum absolute atomic E-state index is 0.0563. The van der Waals surface area contributed by atoms with Crippen LogP contribution in [0.2, 0.25) is 5.28 Å². The highest BCUT2D eigenvalue weighted by Crippen LogP contribution is 2.35. The van der Waals surface area contributed by atoms with Crippen molar-refractivity contribution in [2.45, 2.75) is 78.7 Å². The van der Waals surface area contributed by atoms with Crippen molar-refractivity contribution in [3.8, 4) is 17.8 Å². The number of phosphoric acid groups is 1. The third-order valence-electron chi connectivity index (χ3n) is 5.13. The smallest absolute Gasteiger partial charge is 0.329 e. The highest BCUT2D eigenvalue weighted by molar-refractivity contribution is 7.43. The highest BCUT2D eigenvalue weighted by Gasteiger charge is 2.34. The highest BCUT2D eigenvalue weighted by atomic mass is 35.5. The number of phosphoric ester groups is 1. The fourth-order valence-electron chi connectivity index (χ4n) is 3.61. The molecule has 0 aliphatic heterocycles. The van der Waals surface area contributed by atoms with E-state index >= 15 is 0 Å². The zero-order valence-electron chi connectivity index (χ0n) is 19.7. The number of hydrogen-bond donors (Lipinski definition) is 0. The van der Waals surface area contributed by atoms with E-state index in [2.05, 4.69) is 19.5 Å². The molecule has 0 aliphatic carbocycles. The van der Waals surface area contributed by atoms with Gasteiger partial charge in [-0.1, -0.05) is 44.4 Å². The maximum absolute atomic E-state index is 11.2. The second-order valence-electron chi connectivity index (χ2n) is 8.21. The summed E-state index contributed by atoms with van der Waals surface area (Å²) in [6.45, 7) is 9.37. The molecule has 0 unspecified atom stereocenters. The van der Waals surface area contributed by atoms with Crippen molar-refractivity contribution in [3.63, 3.8) is 0 Å². The van der Waals surface area contributed by atoms with Crippen LogP contribution in [0.15, 0.2) is 12.1 Å². The van der Waals surface area contributed by atoms with Crippen LogP contribution in [0.3, 0.4) is 0 Å². The van der Waals surface area contributed by atoms with E-state index < -0.39 is 20.0 Å². The second-order valence-corrected chi connectivity index (χ2v) is 9.70. The lowest BCUT2D eigenvalue weighted by molar-refractivity contribution is -0.343. The Balaban J connectivity index is 2.38. The maximum atomic E-state index is 11.2. The number of unbranched alkanes of at least 4 members (excludes halogenated alkanes) is 2. The SMILES string of the molecule is CCCCC(CCCC)(COP(=O)([O-])[O-])Oc1nc(Cl)nc(Oc2c(C)cc(C)cc2C)n1. The first-order valence-electron chi connectivity index (χ1n) is 11.0. The van der Waals surface area contributed by atoms with E-state index in [1.807, 2.05) is 46.8 Å². The summed E-state index contributed by atoms with van der Waals surface area (Å²) < 4.78 is 27.8. The number of benzene rings is 1. The number of aromatic nitrogens is 3. The van der Waals surface area contributed by atoms with Crippen molar-refractivity contribution in [2.75, 3.05) is 6.61 Å². The van der Waals surface area contributed by atoms with Gasteiger partial charge in [0.1, 0.15) is 11.4 Å². The number of hydrogen-bond acceptors (Lipinski definition) is 9. The second kappa shape index (κ2) is 12.1. The molecule has 0 atom stereocenters. The summed E-state index contributed by atoms with van der Waals surface area (Å²) in [4.78, 5) is 34.7. The van der Waals surface area contributed by atoms with Gasteiger partial charge in [0.05, 0.1) is 14.4 Å². The van der Waals surface area contributed by atoms with Gasteiger partial charge in [-0.05, 0) is 69.2 Å². The van der Waals surface area contributed by atoms with Gasteiger partial charge in [-0.15, -0.1) is 4.98 Å². The molecule has 1 heterocycles. The van der Waals surface area contributed by atoms with Gasteiger partial charge in [0, 0.05) is 0 Å². The Kier molecular flexibility index (Phi) is 10.1. The summed E-state index contributed by atoms with van der Waals surface area (Å²) in [5.41, 5.74) is 1.79. The molecule has 184 valence electrons. The first-order valence-corrected chi connectivity index (χ1v) is 12.8. The lowest BCUT2D eigenvalue weighted by atomic mass is 9.91. The molecule has 0 radical (unpaired) electrons. The molecule has 0 bridgehead atoms. The summed E-state index contributed by atoms with van der Waals surface area (Å²) in [6.07, 6.45) is 4.00. The molecule has 2 aromatic rings. The minimum atomic E-state index is -5.20. The normalized spacial score (nSPS) is 12.1. The van der Waals surface area contributed by atoms with Gasteiger partial charge in [-0.2, -0.15) is 9.97 Å². The zero-order valence-corrected chi connectivity index (χ0v) is 21.4. The van der Waals surface area contributed by atoms with E-state index in [1.54, 1.807) is 0 Å². The lowest BCUT2D eigenvalue weighted by Gasteiger charge is -2.38. The molecule has 33 heavy (non-hydrogen) atoms. The van der Waals surface area contributed by atoms with Crippen LogP contribution in [-0.4, -0.2) is 27.2 Å². The quantitative estimate of drug-likeness (QED) is 0.363.